The van der Waals surface area contributed by atoms with Crippen molar-refractivity contribution in [2.24, 2.45) is 5.92 Å². The molecule has 5 rings (SSSR count). The smallest absolute Gasteiger partial charge is 0.261 e. The zero-order valence-electron chi connectivity index (χ0n) is 13.1. The summed E-state index contributed by atoms with van der Waals surface area (Å²) < 4.78 is 5.82. The molecule has 0 spiro atoms. The normalized spacial score (nSPS) is 26.2. The minimum Gasteiger partial charge on any atom is -0.436 e. The van der Waals surface area contributed by atoms with Crippen LogP contribution in [0.4, 0.5) is 0 Å². The molecule has 2 aromatic rings. The zero-order chi connectivity index (χ0) is 15.8. The second-order valence-corrected chi connectivity index (χ2v) is 8.60. The maximum atomic E-state index is 12.5. The van der Waals surface area contributed by atoms with E-state index in [4.69, 9.17) is 4.74 Å². The predicted molar refractivity (Wildman–Crippen MR) is 93.9 cm³/mol. The van der Waals surface area contributed by atoms with Crippen LogP contribution in [0.15, 0.2) is 24.3 Å². The number of nitrogens with zero attached hydrogens (tertiary/aromatic N) is 1. The van der Waals surface area contributed by atoms with Gasteiger partial charge in [-0.15, -0.1) is 11.3 Å². The van der Waals surface area contributed by atoms with Crippen LogP contribution < -0.4 is 10.1 Å². The number of rotatable bonds is 4. The van der Waals surface area contributed by atoms with Crippen LogP contribution in [0.5, 0.6) is 10.1 Å². The van der Waals surface area contributed by atoms with Crippen LogP contribution in [0, 0.1) is 12.8 Å². The first-order chi connectivity index (χ1) is 11.2. The van der Waals surface area contributed by atoms with Crippen molar-refractivity contribution in [3.05, 3.63) is 34.0 Å². The topological polar surface area (TPSA) is 41.6 Å². The van der Waals surface area contributed by atoms with Crippen molar-refractivity contribution in [2.75, 3.05) is 19.6 Å². The molecule has 2 aromatic heterocycles. The fourth-order valence-corrected chi connectivity index (χ4v) is 4.98. The molecule has 4 nitrogen and oxygen atoms in total. The Balaban J connectivity index is 1.39. The van der Waals surface area contributed by atoms with E-state index in [0.29, 0.717) is 12.0 Å². The van der Waals surface area contributed by atoms with Crippen LogP contribution in [0.1, 0.15) is 27.4 Å². The molecule has 1 amide bonds. The number of fused-ring (bicyclic) bond motifs is 3. The number of carbonyl (C=O) groups is 1. The highest BCUT2D eigenvalue weighted by molar-refractivity contribution is 7.16. The molecule has 0 unspecified atom stereocenters. The standard InChI is InChI=1S/C17H20N2O2S2/c1-11-2-4-15(22-11)21-16-5-3-14(23-16)17(20)18-13-10-19-8-6-12(13)7-9-19/h2-5,12-13H,6-10H2,1H3,(H,18,20)/t13-/m0/s1. The van der Waals surface area contributed by atoms with Gasteiger partial charge in [-0.05, 0) is 63.0 Å². The molecule has 3 saturated heterocycles. The lowest BCUT2D eigenvalue weighted by Crippen LogP contribution is -2.57. The maximum absolute atomic E-state index is 12.5. The Hall–Kier alpha value is -1.37. The van der Waals surface area contributed by atoms with E-state index in [1.54, 1.807) is 11.3 Å². The maximum Gasteiger partial charge on any atom is 0.261 e. The number of piperidine rings is 3. The Morgan fingerprint density at radius 2 is 1.91 bits per heavy atom. The van der Waals surface area contributed by atoms with E-state index in [-0.39, 0.29) is 5.91 Å². The van der Waals surface area contributed by atoms with Crippen LogP contribution in [-0.4, -0.2) is 36.5 Å². The molecule has 0 aliphatic carbocycles. The molecule has 23 heavy (non-hydrogen) atoms. The first kappa shape index (κ1) is 15.2. The molecule has 3 aliphatic heterocycles. The van der Waals surface area contributed by atoms with Crippen molar-refractivity contribution in [1.29, 1.82) is 0 Å². The second-order valence-electron chi connectivity index (χ2n) is 6.30. The highest BCUT2D eigenvalue weighted by Gasteiger charge is 2.35. The van der Waals surface area contributed by atoms with E-state index in [2.05, 4.69) is 17.1 Å². The van der Waals surface area contributed by atoms with Gasteiger partial charge >= 0.3 is 0 Å². The van der Waals surface area contributed by atoms with E-state index >= 15 is 0 Å². The number of amides is 1. The van der Waals surface area contributed by atoms with E-state index in [9.17, 15) is 4.79 Å². The monoisotopic (exact) mass is 348 g/mol. The third kappa shape index (κ3) is 3.29. The van der Waals surface area contributed by atoms with E-state index in [1.165, 1.54) is 42.1 Å². The number of nitrogens with one attached hydrogen (secondary N) is 1. The predicted octanol–water partition coefficient (Wildman–Crippen LogP) is 3.73. The first-order valence-corrected chi connectivity index (χ1v) is 9.68. The van der Waals surface area contributed by atoms with E-state index in [1.807, 2.05) is 24.3 Å². The summed E-state index contributed by atoms with van der Waals surface area (Å²) in [5.74, 6) is 0.680. The van der Waals surface area contributed by atoms with Gasteiger partial charge in [0.05, 0.1) is 4.88 Å². The highest BCUT2D eigenvalue weighted by Crippen LogP contribution is 2.34. The summed E-state index contributed by atoms with van der Waals surface area (Å²) >= 11 is 3.03. The summed E-state index contributed by atoms with van der Waals surface area (Å²) in [5.41, 5.74) is 0. The number of hydrogen-bond acceptors (Lipinski definition) is 5. The number of thiophene rings is 2. The van der Waals surface area contributed by atoms with Crippen molar-refractivity contribution in [2.45, 2.75) is 25.8 Å². The van der Waals surface area contributed by atoms with E-state index < -0.39 is 0 Å². The summed E-state index contributed by atoms with van der Waals surface area (Å²) in [5, 5.41) is 4.86. The Kier molecular flexibility index (Phi) is 4.13. The first-order valence-electron chi connectivity index (χ1n) is 8.05. The Bertz CT molecular complexity index is 701. The zero-order valence-corrected chi connectivity index (χ0v) is 14.7. The average Bonchev–Trinajstić information content (AvgIpc) is 3.18. The van der Waals surface area contributed by atoms with Gasteiger partial charge in [-0.25, -0.2) is 0 Å². The Morgan fingerprint density at radius 1 is 1.17 bits per heavy atom. The molecule has 0 aromatic carbocycles. The number of carbonyl (C=O) groups excluding carboxylic acids is 1. The van der Waals surface area contributed by atoms with Crippen molar-refractivity contribution < 1.29 is 9.53 Å². The minimum atomic E-state index is 0.0333. The van der Waals surface area contributed by atoms with Crippen LogP contribution in [0.2, 0.25) is 0 Å². The summed E-state index contributed by atoms with van der Waals surface area (Å²) in [6.45, 7) is 5.43. The molecule has 5 heterocycles. The fourth-order valence-electron chi connectivity index (χ4n) is 3.43. The van der Waals surface area contributed by atoms with Crippen LogP contribution in [0.3, 0.4) is 0 Å². The van der Waals surface area contributed by atoms with Gasteiger partial charge in [0.25, 0.3) is 5.91 Å². The van der Waals surface area contributed by atoms with Crippen LogP contribution in [-0.2, 0) is 0 Å². The summed E-state index contributed by atoms with van der Waals surface area (Å²) in [6.07, 6.45) is 2.42. The van der Waals surface area contributed by atoms with Gasteiger partial charge in [0, 0.05) is 17.5 Å². The molecule has 0 saturated carbocycles. The quantitative estimate of drug-likeness (QED) is 0.915. The lowest BCUT2D eigenvalue weighted by atomic mass is 9.84. The number of aryl methyl sites for hydroxylation is 1. The Morgan fingerprint density at radius 3 is 2.57 bits per heavy atom. The van der Waals surface area contributed by atoms with Gasteiger partial charge in [-0.2, -0.15) is 0 Å². The largest absolute Gasteiger partial charge is 0.436 e. The SMILES string of the molecule is Cc1ccc(Oc2ccc(C(=O)N[C@H]3CN4CCC3CC4)s2)s1. The van der Waals surface area contributed by atoms with Crippen molar-refractivity contribution in [3.63, 3.8) is 0 Å². The van der Waals surface area contributed by atoms with Gasteiger partial charge in [0.15, 0.2) is 10.1 Å². The van der Waals surface area contributed by atoms with Gasteiger partial charge in [-0.3, -0.25) is 4.79 Å². The average molecular weight is 348 g/mol. The summed E-state index contributed by atoms with van der Waals surface area (Å²) in [6, 6.07) is 8.04. The van der Waals surface area contributed by atoms with Crippen LogP contribution in [0.25, 0.3) is 0 Å². The van der Waals surface area contributed by atoms with Crippen molar-refractivity contribution in [1.82, 2.24) is 10.2 Å². The molecule has 122 valence electrons. The molecule has 3 fully saturated rings. The molecule has 2 bridgehead atoms. The lowest BCUT2D eigenvalue weighted by Gasteiger charge is -2.44. The van der Waals surface area contributed by atoms with Gasteiger partial charge in [0.2, 0.25) is 0 Å². The number of hydrogen-bond donors (Lipinski definition) is 1. The van der Waals surface area contributed by atoms with E-state index in [0.717, 1.165) is 21.5 Å². The molecule has 1 atom stereocenters. The second kappa shape index (κ2) is 6.26. The van der Waals surface area contributed by atoms with Crippen LogP contribution >= 0.6 is 22.7 Å². The molecule has 0 radical (unpaired) electrons. The molecular weight excluding hydrogens is 328 g/mol. The molecule has 1 N–H and O–H groups in total. The molecular formula is C17H20N2O2S2. The summed E-state index contributed by atoms with van der Waals surface area (Å²) in [4.78, 5) is 16.9. The Labute approximate surface area is 144 Å². The lowest BCUT2D eigenvalue weighted by molar-refractivity contribution is 0.0622. The van der Waals surface area contributed by atoms with Crippen molar-refractivity contribution >= 4 is 28.6 Å². The highest BCUT2D eigenvalue weighted by atomic mass is 32.1. The van der Waals surface area contributed by atoms with Gasteiger partial charge < -0.3 is 15.0 Å². The summed E-state index contributed by atoms with van der Waals surface area (Å²) in [7, 11) is 0. The third-order valence-electron chi connectivity index (χ3n) is 4.69. The fraction of sp³-hybridized carbons (Fsp3) is 0.471. The van der Waals surface area contributed by atoms with Gasteiger partial charge in [-0.1, -0.05) is 11.3 Å². The number of ether oxygens (including phenoxy) is 1. The van der Waals surface area contributed by atoms with Gasteiger partial charge in [0.1, 0.15) is 0 Å². The molecule has 3 aliphatic rings. The van der Waals surface area contributed by atoms with Crippen molar-refractivity contribution in [3.8, 4) is 10.1 Å². The third-order valence-corrected chi connectivity index (χ3v) is 6.54. The minimum absolute atomic E-state index is 0.0333. The molecule has 6 heteroatoms.